The average molecular weight is 356 g/mol. The van der Waals surface area contributed by atoms with E-state index in [2.05, 4.69) is 42.0 Å². The summed E-state index contributed by atoms with van der Waals surface area (Å²) in [5.74, 6) is 3.94. The minimum absolute atomic E-state index is 0.134. The van der Waals surface area contributed by atoms with Crippen molar-refractivity contribution in [2.24, 2.45) is 35.0 Å². The van der Waals surface area contributed by atoms with Crippen molar-refractivity contribution in [3.05, 3.63) is 0 Å². The number of hydrogen-bond acceptors (Lipinski definition) is 1. The van der Waals surface area contributed by atoms with Crippen LogP contribution < -0.4 is 5.32 Å². The molecule has 1 amide bonds. The predicted molar refractivity (Wildman–Crippen MR) is 90.3 cm³/mol. The van der Waals surface area contributed by atoms with Gasteiger partial charge in [0.05, 0.1) is 0 Å². The molecule has 1 N–H and O–H groups in total. The molecule has 3 heteroatoms. The maximum absolute atomic E-state index is 12.9. The highest BCUT2D eigenvalue weighted by Gasteiger charge is 2.51. The van der Waals surface area contributed by atoms with Crippen molar-refractivity contribution in [1.29, 1.82) is 0 Å². The first-order valence-electron chi connectivity index (χ1n) is 8.74. The molecule has 0 aromatic heterocycles. The average Bonchev–Trinajstić information content (AvgIpc) is 2.35. The first kappa shape index (κ1) is 15.8. The molecule has 4 rings (SSSR count). The Morgan fingerprint density at radius 2 is 1.62 bits per heavy atom. The summed E-state index contributed by atoms with van der Waals surface area (Å²) in [4.78, 5) is 12.9. The van der Waals surface area contributed by atoms with Gasteiger partial charge in [0.2, 0.25) is 5.91 Å². The molecule has 4 bridgehead atoms. The number of alkyl halides is 1. The second kappa shape index (κ2) is 5.86. The molecule has 1 unspecified atom stereocenters. The number of nitrogens with one attached hydrogen (secondary N) is 1. The lowest BCUT2D eigenvalue weighted by molar-refractivity contribution is -0.139. The SMILES string of the molecule is CC(C)(C)C(CCBr)NC(=O)C1C2CC3CC(C2)CC1C3. The summed E-state index contributed by atoms with van der Waals surface area (Å²) in [7, 11) is 0. The molecule has 4 aliphatic rings. The first-order chi connectivity index (χ1) is 9.88. The van der Waals surface area contributed by atoms with Crippen LogP contribution in [0.3, 0.4) is 0 Å². The molecular formula is C18H30BrNO. The predicted octanol–water partition coefficient (Wildman–Crippen LogP) is 4.37. The second-order valence-corrected chi connectivity index (χ2v) is 9.65. The van der Waals surface area contributed by atoms with Crippen LogP contribution in [0, 0.1) is 35.0 Å². The minimum Gasteiger partial charge on any atom is -0.353 e. The highest BCUT2D eigenvalue weighted by atomic mass is 79.9. The lowest BCUT2D eigenvalue weighted by Gasteiger charge is -2.54. The number of amides is 1. The third kappa shape index (κ3) is 3.18. The van der Waals surface area contributed by atoms with Crippen LogP contribution in [-0.4, -0.2) is 17.3 Å². The summed E-state index contributed by atoms with van der Waals surface area (Å²) in [6.07, 6.45) is 7.76. The summed E-state index contributed by atoms with van der Waals surface area (Å²) in [6.45, 7) is 6.70. The maximum Gasteiger partial charge on any atom is 0.223 e. The fourth-order valence-corrected chi connectivity index (χ4v) is 5.91. The molecule has 4 fully saturated rings. The van der Waals surface area contributed by atoms with Crippen molar-refractivity contribution in [2.75, 3.05) is 5.33 Å². The van der Waals surface area contributed by atoms with E-state index in [1.165, 1.54) is 32.1 Å². The summed E-state index contributed by atoms with van der Waals surface area (Å²) < 4.78 is 0. The third-order valence-electron chi connectivity index (χ3n) is 6.29. The van der Waals surface area contributed by atoms with Gasteiger partial charge in [0, 0.05) is 17.3 Å². The quantitative estimate of drug-likeness (QED) is 0.745. The Labute approximate surface area is 138 Å². The van der Waals surface area contributed by atoms with Gasteiger partial charge in [0.1, 0.15) is 0 Å². The molecular weight excluding hydrogens is 326 g/mol. The molecule has 0 saturated heterocycles. The summed E-state index contributed by atoms with van der Waals surface area (Å²) in [5.41, 5.74) is 0.134. The lowest BCUT2D eigenvalue weighted by atomic mass is 9.51. The van der Waals surface area contributed by atoms with Crippen LogP contribution in [0.5, 0.6) is 0 Å². The number of hydrogen-bond donors (Lipinski definition) is 1. The number of halogens is 1. The van der Waals surface area contributed by atoms with E-state index in [0.717, 1.165) is 23.6 Å². The molecule has 0 spiro atoms. The topological polar surface area (TPSA) is 29.1 Å². The maximum atomic E-state index is 12.9. The van der Waals surface area contributed by atoms with Gasteiger partial charge in [-0.3, -0.25) is 4.79 Å². The largest absolute Gasteiger partial charge is 0.353 e. The molecule has 4 aliphatic carbocycles. The van der Waals surface area contributed by atoms with Crippen molar-refractivity contribution >= 4 is 21.8 Å². The Bertz CT molecular complexity index is 373. The van der Waals surface area contributed by atoms with Crippen molar-refractivity contribution in [1.82, 2.24) is 5.32 Å². The van der Waals surface area contributed by atoms with Crippen molar-refractivity contribution in [3.8, 4) is 0 Å². The fourth-order valence-electron chi connectivity index (χ4n) is 5.45. The number of rotatable bonds is 4. The van der Waals surface area contributed by atoms with Gasteiger partial charge in [-0.1, -0.05) is 36.7 Å². The lowest BCUT2D eigenvalue weighted by Crippen LogP contribution is -2.54. The van der Waals surface area contributed by atoms with Crippen LogP contribution >= 0.6 is 15.9 Å². The zero-order valence-corrected chi connectivity index (χ0v) is 15.3. The summed E-state index contributed by atoms with van der Waals surface area (Å²) in [6, 6.07) is 0.279. The van der Waals surface area contributed by atoms with Crippen LogP contribution in [0.25, 0.3) is 0 Å². The zero-order chi connectivity index (χ0) is 15.2. The molecule has 120 valence electrons. The van der Waals surface area contributed by atoms with Gasteiger partial charge < -0.3 is 5.32 Å². The fraction of sp³-hybridized carbons (Fsp3) is 0.944. The summed E-state index contributed by atoms with van der Waals surface area (Å²) in [5, 5.41) is 4.37. The molecule has 0 aliphatic heterocycles. The van der Waals surface area contributed by atoms with Gasteiger partial charge in [0.25, 0.3) is 0 Å². The Morgan fingerprint density at radius 3 is 2.05 bits per heavy atom. The van der Waals surface area contributed by atoms with Crippen molar-refractivity contribution < 1.29 is 4.79 Å². The Kier molecular flexibility index (Phi) is 4.42. The third-order valence-corrected chi connectivity index (χ3v) is 6.75. The molecule has 0 radical (unpaired) electrons. The molecule has 4 saturated carbocycles. The first-order valence-corrected chi connectivity index (χ1v) is 9.87. The van der Waals surface area contributed by atoms with Crippen LogP contribution in [-0.2, 0) is 4.79 Å². The van der Waals surface area contributed by atoms with Gasteiger partial charge >= 0.3 is 0 Å². The van der Waals surface area contributed by atoms with Crippen LogP contribution in [0.2, 0.25) is 0 Å². The molecule has 0 heterocycles. The monoisotopic (exact) mass is 355 g/mol. The van der Waals surface area contributed by atoms with E-state index in [9.17, 15) is 4.79 Å². The van der Waals surface area contributed by atoms with E-state index >= 15 is 0 Å². The van der Waals surface area contributed by atoms with Crippen LogP contribution in [0.15, 0.2) is 0 Å². The van der Waals surface area contributed by atoms with E-state index in [4.69, 9.17) is 0 Å². The second-order valence-electron chi connectivity index (χ2n) is 8.86. The van der Waals surface area contributed by atoms with Gasteiger partial charge in [-0.25, -0.2) is 0 Å². The number of carbonyl (C=O) groups excluding carboxylic acids is 1. The van der Waals surface area contributed by atoms with E-state index in [-0.39, 0.29) is 11.5 Å². The van der Waals surface area contributed by atoms with Gasteiger partial charge in [-0.2, -0.15) is 0 Å². The van der Waals surface area contributed by atoms with Crippen molar-refractivity contribution in [3.63, 3.8) is 0 Å². The normalized spacial score (nSPS) is 39.3. The Balaban J connectivity index is 1.67. The standard InChI is InChI=1S/C18H30BrNO/c1-18(2,3)15(4-5-19)20-17(21)16-13-7-11-6-12(9-13)10-14(16)8-11/h11-16H,4-10H2,1-3H3,(H,20,21). The van der Waals surface area contributed by atoms with Gasteiger partial charge in [-0.15, -0.1) is 0 Å². The van der Waals surface area contributed by atoms with E-state index in [0.29, 0.717) is 23.7 Å². The molecule has 2 nitrogen and oxygen atoms in total. The Hall–Kier alpha value is -0.0500. The van der Waals surface area contributed by atoms with Crippen molar-refractivity contribution in [2.45, 2.75) is 65.3 Å². The van der Waals surface area contributed by atoms with E-state index in [1.54, 1.807) is 0 Å². The van der Waals surface area contributed by atoms with Gasteiger partial charge in [-0.05, 0) is 67.6 Å². The van der Waals surface area contributed by atoms with E-state index in [1.807, 2.05) is 0 Å². The summed E-state index contributed by atoms with van der Waals surface area (Å²) >= 11 is 3.54. The Morgan fingerprint density at radius 1 is 1.10 bits per heavy atom. The molecule has 21 heavy (non-hydrogen) atoms. The number of carbonyl (C=O) groups is 1. The molecule has 1 atom stereocenters. The molecule has 0 aromatic carbocycles. The van der Waals surface area contributed by atoms with Gasteiger partial charge in [0.15, 0.2) is 0 Å². The smallest absolute Gasteiger partial charge is 0.223 e. The highest BCUT2D eigenvalue weighted by Crippen LogP contribution is 2.56. The van der Waals surface area contributed by atoms with E-state index < -0.39 is 0 Å². The van der Waals surface area contributed by atoms with Crippen LogP contribution in [0.4, 0.5) is 0 Å². The molecule has 0 aromatic rings. The minimum atomic E-state index is 0.134. The zero-order valence-electron chi connectivity index (χ0n) is 13.7. The highest BCUT2D eigenvalue weighted by molar-refractivity contribution is 9.09. The van der Waals surface area contributed by atoms with Crippen LogP contribution in [0.1, 0.15) is 59.3 Å².